The average molecular weight is 269 g/mol. The third-order valence-corrected chi connectivity index (χ3v) is 3.90. The second kappa shape index (κ2) is 4.68. The Bertz CT molecular complexity index is 699. The minimum absolute atomic E-state index is 0.333. The Morgan fingerprint density at radius 1 is 1.26 bits per heavy atom. The summed E-state index contributed by atoms with van der Waals surface area (Å²) >= 11 is 6.17. The molecule has 0 amide bonds. The topological polar surface area (TPSA) is 36.7 Å². The summed E-state index contributed by atoms with van der Waals surface area (Å²) < 4.78 is 0. The van der Waals surface area contributed by atoms with E-state index in [0.29, 0.717) is 10.7 Å². The Morgan fingerprint density at radius 2 is 2.05 bits per heavy atom. The van der Waals surface area contributed by atoms with Crippen LogP contribution >= 0.6 is 11.6 Å². The molecule has 0 fully saturated rings. The molecule has 1 aliphatic carbocycles. The Hall–Kier alpha value is -1.85. The lowest BCUT2D eigenvalue weighted by molar-refractivity contribution is 0.911. The van der Waals surface area contributed by atoms with Crippen LogP contribution in [-0.2, 0) is 12.8 Å². The monoisotopic (exact) mass is 268 g/mol. The first kappa shape index (κ1) is 12.2. The molecule has 1 aromatic carbocycles. The Kier molecular flexibility index (Phi) is 3.00. The van der Waals surface area contributed by atoms with Gasteiger partial charge in [0.05, 0.1) is 11.3 Å². The zero-order chi connectivity index (χ0) is 13.4. The molecule has 0 bridgehead atoms. The molecule has 1 aliphatic rings. The number of hydrogen-bond acceptors (Lipinski definition) is 2. The molecule has 0 N–H and O–H groups in total. The lowest BCUT2D eigenvalue weighted by atomic mass is 9.99. The van der Waals surface area contributed by atoms with Crippen molar-refractivity contribution in [1.82, 2.24) is 4.98 Å². The fourth-order valence-corrected chi connectivity index (χ4v) is 3.01. The second-order valence-electron chi connectivity index (χ2n) is 4.92. The van der Waals surface area contributed by atoms with Crippen molar-refractivity contribution in [2.24, 2.45) is 0 Å². The van der Waals surface area contributed by atoms with E-state index in [4.69, 9.17) is 11.6 Å². The largest absolute Gasteiger partial charge is 0.234 e. The number of fused-ring (bicyclic) bond motifs is 1. The van der Waals surface area contributed by atoms with E-state index in [1.165, 1.54) is 11.1 Å². The van der Waals surface area contributed by atoms with Crippen molar-refractivity contribution in [2.45, 2.75) is 26.2 Å². The number of halogens is 1. The molecule has 0 aliphatic heterocycles. The van der Waals surface area contributed by atoms with Crippen molar-refractivity contribution in [3.63, 3.8) is 0 Å². The van der Waals surface area contributed by atoms with Crippen LogP contribution in [0, 0.1) is 18.3 Å². The van der Waals surface area contributed by atoms with Crippen LogP contribution in [0.1, 0.15) is 28.7 Å². The predicted molar refractivity (Wildman–Crippen MR) is 76.2 cm³/mol. The Balaban J connectivity index is 2.27. The van der Waals surface area contributed by atoms with Gasteiger partial charge in [0.1, 0.15) is 11.2 Å². The lowest BCUT2D eigenvalue weighted by Gasteiger charge is -2.11. The molecule has 3 rings (SSSR count). The third kappa shape index (κ3) is 2.01. The second-order valence-corrected chi connectivity index (χ2v) is 5.28. The Morgan fingerprint density at radius 3 is 2.79 bits per heavy atom. The maximum atomic E-state index is 9.21. The van der Waals surface area contributed by atoms with Crippen LogP contribution < -0.4 is 0 Å². The summed E-state index contributed by atoms with van der Waals surface area (Å²) in [6.07, 6.45) is 2.99. The number of aromatic nitrogens is 1. The van der Waals surface area contributed by atoms with Gasteiger partial charge in [0.2, 0.25) is 0 Å². The summed E-state index contributed by atoms with van der Waals surface area (Å²) in [6, 6.07) is 10.4. The molecular formula is C16H13ClN2. The zero-order valence-electron chi connectivity index (χ0n) is 10.7. The summed E-state index contributed by atoms with van der Waals surface area (Å²) in [6.45, 7) is 2.06. The maximum Gasteiger partial charge on any atom is 0.147 e. The van der Waals surface area contributed by atoms with Crippen LogP contribution in [0.3, 0.4) is 0 Å². The first-order chi connectivity index (χ1) is 9.20. The summed E-state index contributed by atoms with van der Waals surface area (Å²) in [5.41, 5.74) is 6.09. The first-order valence-electron chi connectivity index (χ1n) is 6.39. The number of nitriles is 1. The van der Waals surface area contributed by atoms with E-state index < -0.39 is 0 Å². The Labute approximate surface area is 117 Å². The van der Waals surface area contributed by atoms with E-state index in [2.05, 4.69) is 36.2 Å². The van der Waals surface area contributed by atoms with Crippen LogP contribution in [0.5, 0.6) is 0 Å². The van der Waals surface area contributed by atoms with E-state index in [1.54, 1.807) is 0 Å². The highest BCUT2D eigenvalue weighted by Gasteiger charge is 2.23. The number of pyridine rings is 1. The number of benzene rings is 1. The van der Waals surface area contributed by atoms with E-state index >= 15 is 0 Å². The number of hydrogen-bond donors (Lipinski definition) is 0. The third-order valence-electron chi connectivity index (χ3n) is 3.63. The highest BCUT2D eigenvalue weighted by Crippen LogP contribution is 2.35. The standard InChI is InChI=1S/C16H13ClN2/c1-10-4-2-5-11(8-10)15-13-7-3-6-12(13)14(9-18)16(17)19-15/h2,4-5,8H,3,6-7H2,1H3. The van der Waals surface area contributed by atoms with Gasteiger partial charge in [0, 0.05) is 5.56 Å². The van der Waals surface area contributed by atoms with Gasteiger partial charge in [-0.2, -0.15) is 5.26 Å². The smallest absolute Gasteiger partial charge is 0.147 e. The molecular weight excluding hydrogens is 256 g/mol. The average Bonchev–Trinajstić information content (AvgIpc) is 2.87. The van der Waals surface area contributed by atoms with Gasteiger partial charge in [-0.15, -0.1) is 0 Å². The number of aryl methyl sites for hydroxylation is 1. The first-order valence-corrected chi connectivity index (χ1v) is 6.77. The van der Waals surface area contributed by atoms with Crippen LogP contribution in [0.25, 0.3) is 11.3 Å². The van der Waals surface area contributed by atoms with Crippen LogP contribution in [-0.4, -0.2) is 4.98 Å². The molecule has 1 heterocycles. The van der Waals surface area contributed by atoms with Gasteiger partial charge >= 0.3 is 0 Å². The van der Waals surface area contributed by atoms with E-state index in [-0.39, 0.29) is 0 Å². The number of rotatable bonds is 1. The molecule has 2 nitrogen and oxygen atoms in total. The maximum absolute atomic E-state index is 9.21. The fourth-order valence-electron chi connectivity index (χ4n) is 2.77. The highest BCUT2D eigenvalue weighted by molar-refractivity contribution is 6.30. The van der Waals surface area contributed by atoms with Crippen molar-refractivity contribution in [3.05, 3.63) is 51.7 Å². The van der Waals surface area contributed by atoms with Crippen molar-refractivity contribution in [2.75, 3.05) is 0 Å². The fraction of sp³-hybridized carbons (Fsp3) is 0.250. The predicted octanol–water partition coefficient (Wildman–Crippen LogP) is 4.07. The minimum atomic E-state index is 0.333. The molecule has 3 heteroatoms. The SMILES string of the molecule is Cc1cccc(-c2nc(Cl)c(C#N)c3c2CCC3)c1. The molecule has 0 spiro atoms. The van der Waals surface area contributed by atoms with Gasteiger partial charge in [-0.3, -0.25) is 0 Å². The van der Waals surface area contributed by atoms with Crippen molar-refractivity contribution in [3.8, 4) is 17.3 Å². The van der Waals surface area contributed by atoms with Gasteiger partial charge in [0.25, 0.3) is 0 Å². The van der Waals surface area contributed by atoms with Gasteiger partial charge < -0.3 is 0 Å². The zero-order valence-corrected chi connectivity index (χ0v) is 11.5. The molecule has 0 saturated carbocycles. The molecule has 1 aromatic heterocycles. The van der Waals surface area contributed by atoms with Gasteiger partial charge in [0.15, 0.2) is 0 Å². The lowest BCUT2D eigenvalue weighted by Crippen LogP contribution is -1.98. The van der Waals surface area contributed by atoms with Crippen molar-refractivity contribution in [1.29, 1.82) is 5.26 Å². The quantitative estimate of drug-likeness (QED) is 0.731. The minimum Gasteiger partial charge on any atom is -0.234 e. The van der Waals surface area contributed by atoms with Crippen molar-refractivity contribution < 1.29 is 0 Å². The van der Waals surface area contributed by atoms with Crippen LogP contribution in [0.2, 0.25) is 5.15 Å². The normalized spacial score (nSPS) is 13.1. The highest BCUT2D eigenvalue weighted by atomic mass is 35.5. The molecule has 2 aromatic rings. The van der Waals surface area contributed by atoms with E-state index in [9.17, 15) is 5.26 Å². The summed E-state index contributed by atoms with van der Waals surface area (Å²) in [4.78, 5) is 4.47. The van der Waals surface area contributed by atoms with Crippen LogP contribution in [0.4, 0.5) is 0 Å². The molecule has 0 unspecified atom stereocenters. The molecule has 0 radical (unpaired) electrons. The van der Waals surface area contributed by atoms with Gasteiger partial charge in [-0.25, -0.2) is 4.98 Å². The molecule has 94 valence electrons. The summed E-state index contributed by atoms with van der Waals surface area (Å²) in [5, 5.41) is 9.55. The van der Waals surface area contributed by atoms with Crippen LogP contribution in [0.15, 0.2) is 24.3 Å². The van der Waals surface area contributed by atoms with E-state index in [0.717, 1.165) is 36.1 Å². The summed E-state index contributed by atoms with van der Waals surface area (Å²) in [7, 11) is 0. The van der Waals surface area contributed by atoms with Gasteiger partial charge in [-0.1, -0.05) is 35.4 Å². The van der Waals surface area contributed by atoms with E-state index in [1.807, 2.05) is 6.07 Å². The van der Waals surface area contributed by atoms with Gasteiger partial charge in [-0.05, 0) is 43.4 Å². The molecule has 0 atom stereocenters. The van der Waals surface area contributed by atoms with Crippen molar-refractivity contribution >= 4 is 11.6 Å². The summed E-state index contributed by atoms with van der Waals surface area (Å²) in [5.74, 6) is 0. The molecule has 19 heavy (non-hydrogen) atoms. The number of nitrogens with zero attached hydrogens (tertiary/aromatic N) is 2. The molecule has 0 saturated heterocycles.